The summed E-state index contributed by atoms with van der Waals surface area (Å²) in [6.07, 6.45) is 0. The van der Waals surface area contributed by atoms with Crippen molar-refractivity contribution < 1.29 is 14.1 Å². The van der Waals surface area contributed by atoms with Crippen LogP contribution in [-0.4, -0.2) is 33.5 Å². The Labute approximate surface area is 123 Å². The third-order valence-corrected chi connectivity index (χ3v) is 3.37. The zero-order chi connectivity index (χ0) is 15.3. The van der Waals surface area contributed by atoms with Gasteiger partial charge in [0, 0.05) is 11.6 Å². The van der Waals surface area contributed by atoms with E-state index in [1.54, 1.807) is 19.9 Å². The minimum atomic E-state index is -0.349. The molecule has 1 rings (SSSR count). The Kier molecular flexibility index (Phi) is 5.62. The summed E-state index contributed by atoms with van der Waals surface area (Å²) in [5, 5.41) is 8.82. The lowest BCUT2D eigenvalue weighted by Gasteiger charge is -2.20. The molecular weight excluding hydrogens is 278 g/mol. The molecule has 0 aliphatic heterocycles. The fourth-order valence-electron chi connectivity index (χ4n) is 1.38. The molecule has 0 saturated carbocycles. The summed E-state index contributed by atoms with van der Waals surface area (Å²) in [5.74, 6) is 0.972. The van der Waals surface area contributed by atoms with Crippen molar-refractivity contribution in [2.45, 2.75) is 45.4 Å². The topological polar surface area (TPSA) is 84.2 Å². The molecule has 1 aromatic rings. The second kappa shape index (κ2) is 6.78. The van der Waals surface area contributed by atoms with Crippen LogP contribution in [0.1, 0.15) is 33.5 Å². The molecule has 1 heterocycles. The van der Waals surface area contributed by atoms with Crippen LogP contribution < -0.4 is 10.6 Å². The Balaban J connectivity index is 2.37. The van der Waals surface area contributed by atoms with Gasteiger partial charge in [0.15, 0.2) is 5.82 Å². The number of thioether (sulfide) groups is 1. The van der Waals surface area contributed by atoms with Crippen molar-refractivity contribution in [3.63, 3.8) is 0 Å². The molecule has 2 N–H and O–H groups in total. The van der Waals surface area contributed by atoms with Gasteiger partial charge in [-0.1, -0.05) is 5.16 Å². The van der Waals surface area contributed by atoms with Crippen molar-refractivity contribution in [3.8, 4) is 0 Å². The molecule has 20 heavy (non-hydrogen) atoms. The van der Waals surface area contributed by atoms with E-state index in [0.717, 1.165) is 0 Å². The average Bonchev–Trinajstić information content (AvgIpc) is 2.69. The van der Waals surface area contributed by atoms with Gasteiger partial charge in [0.2, 0.25) is 11.8 Å². The Morgan fingerprint density at radius 1 is 1.45 bits per heavy atom. The van der Waals surface area contributed by atoms with Gasteiger partial charge in [-0.15, -0.1) is 11.8 Å². The fourth-order valence-corrected chi connectivity index (χ4v) is 2.07. The van der Waals surface area contributed by atoms with Gasteiger partial charge in [-0.25, -0.2) is 0 Å². The number of aromatic nitrogens is 1. The standard InChI is InChI=1S/C13H21N3O3S/c1-8-6-10(16-19-8)14-12(18)9(2)20-7-11(17)15-13(3,4)5/h6,9H,7H2,1-5H3,(H,15,17)(H,14,16,18). The molecule has 2 amide bonds. The van der Waals surface area contributed by atoms with Gasteiger partial charge in [-0.2, -0.15) is 0 Å². The van der Waals surface area contributed by atoms with Gasteiger partial charge in [-0.3, -0.25) is 9.59 Å². The van der Waals surface area contributed by atoms with Gasteiger partial charge >= 0.3 is 0 Å². The zero-order valence-electron chi connectivity index (χ0n) is 12.4. The maximum absolute atomic E-state index is 11.9. The second-order valence-corrected chi connectivity index (χ2v) is 6.89. The third kappa shape index (κ3) is 6.10. The van der Waals surface area contributed by atoms with Crippen LogP contribution in [0.25, 0.3) is 0 Å². The second-order valence-electron chi connectivity index (χ2n) is 5.56. The monoisotopic (exact) mass is 299 g/mol. The van der Waals surface area contributed by atoms with Crippen LogP contribution in [-0.2, 0) is 9.59 Å². The van der Waals surface area contributed by atoms with Crippen molar-refractivity contribution in [2.24, 2.45) is 0 Å². The first-order valence-electron chi connectivity index (χ1n) is 6.34. The first-order valence-corrected chi connectivity index (χ1v) is 7.39. The third-order valence-electron chi connectivity index (χ3n) is 2.23. The summed E-state index contributed by atoms with van der Waals surface area (Å²) < 4.78 is 4.86. The van der Waals surface area contributed by atoms with E-state index in [9.17, 15) is 9.59 Å². The maximum Gasteiger partial charge on any atom is 0.238 e. The van der Waals surface area contributed by atoms with Crippen LogP contribution in [0.2, 0.25) is 0 Å². The molecule has 0 radical (unpaired) electrons. The van der Waals surface area contributed by atoms with E-state index in [0.29, 0.717) is 11.6 Å². The lowest BCUT2D eigenvalue weighted by atomic mass is 10.1. The maximum atomic E-state index is 11.9. The van der Waals surface area contributed by atoms with Crippen LogP contribution in [0.3, 0.4) is 0 Å². The van der Waals surface area contributed by atoms with Gasteiger partial charge in [0.05, 0.1) is 11.0 Å². The van der Waals surface area contributed by atoms with Crippen LogP contribution >= 0.6 is 11.8 Å². The van der Waals surface area contributed by atoms with Crippen LogP contribution in [0.4, 0.5) is 5.82 Å². The molecule has 6 nitrogen and oxygen atoms in total. The number of rotatable bonds is 5. The normalized spacial score (nSPS) is 12.8. The summed E-state index contributed by atoms with van der Waals surface area (Å²) in [4.78, 5) is 23.5. The van der Waals surface area contributed by atoms with E-state index in [1.807, 2.05) is 20.8 Å². The number of anilines is 1. The molecule has 1 unspecified atom stereocenters. The number of carbonyl (C=O) groups excluding carboxylic acids is 2. The zero-order valence-corrected chi connectivity index (χ0v) is 13.3. The van der Waals surface area contributed by atoms with E-state index in [4.69, 9.17) is 4.52 Å². The number of nitrogens with zero attached hydrogens (tertiary/aromatic N) is 1. The Bertz CT molecular complexity index is 479. The van der Waals surface area contributed by atoms with Crippen molar-refractivity contribution in [1.82, 2.24) is 10.5 Å². The first-order chi connectivity index (χ1) is 9.17. The van der Waals surface area contributed by atoms with Crippen LogP contribution in [0, 0.1) is 6.92 Å². The summed E-state index contributed by atoms with van der Waals surface area (Å²) in [5.41, 5.74) is -0.263. The Morgan fingerprint density at radius 2 is 2.10 bits per heavy atom. The van der Waals surface area contributed by atoms with Crippen LogP contribution in [0.15, 0.2) is 10.6 Å². The molecule has 0 aliphatic rings. The number of hydrogen-bond acceptors (Lipinski definition) is 5. The molecule has 0 spiro atoms. The Morgan fingerprint density at radius 3 is 2.60 bits per heavy atom. The smallest absolute Gasteiger partial charge is 0.238 e. The molecule has 7 heteroatoms. The summed E-state index contributed by atoms with van der Waals surface area (Å²) in [7, 11) is 0. The average molecular weight is 299 g/mol. The minimum absolute atomic E-state index is 0.0839. The van der Waals surface area contributed by atoms with E-state index in [1.165, 1.54) is 11.8 Å². The SMILES string of the molecule is Cc1cc(NC(=O)C(C)SCC(=O)NC(C)(C)C)no1. The number of hydrogen-bond donors (Lipinski definition) is 2. The lowest BCUT2D eigenvalue weighted by Crippen LogP contribution is -2.42. The first kappa shape index (κ1) is 16.6. The van der Waals surface area contributed by atoms with Crippen molar-refractivity contribution in [2.75, 3.05) is 11.1 Å². The highest BCUT2D eigenvalue weighted by Gasteiger charge is 2.18. The fraction of sp³-hybridized carbons (Fsp3) is 0.615. The molecule has 1 aromatic heterocycles. The van der Waals surface area contributed by atoms with Crippen molar-refractivity contribution >= 4 is 29.4 Å². The molecule has 0 saturated heterocycles. The largest absolute Gasteiger partial charge is 0.360 e. The molecule has 0 aromatic carbocycles. The predicted octanol–water partition coefficient (Wildman–Crippen LogP) is 1.96. The molecule has 112 valence electrons. The van der Waals surface area contributed by atoms with E-state index in [2.05, 4.69) is 15.8 Å². The van der Waals surface area contributed by atoms with Gasteiger partial charge in [0.25, 0.3) is 0 Å². The lowest BCUT2D eigenvalue weighted by molar-refractivity contribution is -0.119. The molecule has 1 atom stereocenters. The minimum Gasteiger partial charge on any atom is -0.360 e. The molecule has 0 fully saturated rings. The predicted molar refractivity (Wildman–Crippen MR) is 79.7 cm³/mol. The summed E-state index contributed by atoms with van der Waals surface area (Å²) in [6.45, 7) is 9.24. The highest BCUT2D eigenvalue weighted by molar-refractivity contribution is 8.01. The highest BCUT2D eigenvalue weighted by Crippen LogP contribution is 2.14. The molecule has 0 aliphatic carbocycles. The number of aryl methyl sites for hydroxylation is 1. The van der Waals surface area contributed by atoms with E-state index in [-0.39, 0.29) is 28.4 Å². The van der Waals surface area contributed by atoms with Gasteiger partial charge < -0.3 is 15.2 Å². The Hall–Kier alpha value is -1.50. The quantitative estimate of drug-likeness (QED) is 0.868. The highest BCUT2D eigenvalue weighted by atomic mass is 32.2. The van der Waals surface area contributed by atoms with Gasteiger partial charge in [0.1, 0.15) is 5.76 Å². The summed E-state index contributed by atoms with van der Waals surface area (Å²) >= 11 is 1.28. The van der Waals surface area contributed by atoms with E-state index < -0.39 is 0 Å². The number of amides is 2. The summed E-state index contributed by atoms with van der Waals surface area (Å²) in [6, 6.07) is 1.64. The number of carbonyl (C=O) groups is 2. The molecular formula is C13H21N3O3S. The number of nitrogens with one attached hydrogen (secondary N) is 2. The van der Waals surface area contributed by atoms with Crippen molar-refractivity contribution in [3.05, 3.63) is 11.8 Å². The van der Waals surface area contributed by atoms with E-state index >= 15 is 0 Å². The molecule has 0 bridgehead atoms. The van der Waals surface area contributed by atoms with Crippen LogP contribution in [0.5, 0.6) is 0 Å². The van der Waals surface area contributed by atoms with Crippen molar-refractivity contribution in [1.29, 1.82) is 0 Å². The van der Waals surface area contributed by atoms with Gasteiger partial charge in [-0.05, 0) is 34.6 Å².